The van der Waals surface area contributed by atoms with Gasteiger partial charge >= 0.3 is 0 Å². The quantitative estimate of drug-likeness (QED) is 0.284. The van der Waals surface area contributed by atoms with Crippen LogP contribution in [0.2, 0.25) is 0 Å². The van der Waals surface area contributed by atoms with Crippen molar-refractivity contribution >= 4 is 29.9 Å². The molecule has 0 aliphatic rings. The zero-order valence-electron chi connectivity index (χ0n) is 14.5. The van der Waals surface area contributed by atoms with Crippen LogP contribution in [-0.2, 0) is 10.2 Å². The monoisotopic (exact) mass is 437 g/mol. The predicted molar refractivity (Wildman–Crippen MR) is 105 cm³/mol. The lowest BCUT2D eigenvalue weighted by Crippen LogP contribution is -2.43. The molecule has 132 valence electrons. The Morgan fingerprint density at radius 1 is 1.22 bits per heavy atom. The highest BCUT2D eigenvalue weighted by Crippen LogP contribution is 2.22. The van der Waals surface area contributed by atoms with Crippen LogP contribution in [0.25, 0.3) is 0 Å². The van der Waals surface area contributed by atoms with Gasteiger partial charge in [-0.1, -0.05) is 26.0 Å². The third kappa shape index (κ3) is 8.50. The summed E-state index contributed by atoms with van der Waals surface area (Å²) in [6.07, 6.45) is 0.940. The minimum Gasteiger partial charge on any atom is -0.382 e. The average Bonchev–Trinajstić information content (AvgIpc) is 2.50. The molecule has 0 spiro atoms. The summed E-state index contributed by atoms with van der Waals surface area (Å²) in [4.78, 5) is 4.21. The second kappa shape index (κ2) is 11.6. The Labute approximate surface area is 156 Å². The zero-order valence-corrected chi connectivity index (χ0v) is 16.8. The van der Waals surface area contributed by atoms with E-state index in [0.717, 1.165) is 37.7 Å². The highest BCUT2D eigenvalue weighted by Gasteiger charge is 2.20. The molecule has 0 unspecified atom stereocenters. The number of nitrogens with zero attached hydrogens (tertiary/aromatic N) is 1. The molecule has 0 saturated heterocycles. The minimum absolute atomic E-state index is 0. The SMILES string of the molecule is CCOCCCNC(=NC)NCC(C)(C)c1ccc(F)cc1.I. The normalized spacial score (nSPS) is 11.8. The van der Waals surface area contributed by atoms with Crippen LogP contribution in [0.1, 0.15) is 32.8 Å². The number of guanidine groups is 1. The summed E-state index contributed by atoms with van der Waals surface area (Å²) in [7, 11) is 1.75. The van der Waals surface area contributed by atoms with Crippen LogP contribution in [0.5, 0.6) is 0 Å². The highest BCUT2D eigenvalue weighted by molar-refractivity contribution is 14.0. The van der Waals surface area contributed by atoms with E-state index < -0.39 is 0 Å². The van der Waals surface area contributed by atoms with Crippen molar-refractivity contribution in [3.63, 3.8) is 0 Å². The van der Waals surface area contributed by atoms with Crippen molar-refractivity contribution in [3.05, 3.63) is 35.6 Å². The summed E-state index contributed by atoms with van der Waals surface area (Å²) in [6, 6.07) is 6.65. The first-order valence-corrected chi connectivity index (χ1v) is 7.78. The van der Waals surface area contributed by atoms with Gasteiger partial charge in [-0.3, -0.25) is 4.99 Å². The van der Waals surface area contributed by atoms with Gasteiger partial charge < -0.3 is 15.4 Å². The molecule has 2 N–H and O–H groups in total. The van der Waals surface area contributed by atoms with Crippen LogP contribution in [0.4, 0.5) is 4.39 Å². The van der Waals surface area contributed by atoms with Crippen molar-refractivity contribution in [1.29, 1.82) is 0 Å². The zero-order chi connectivity index (χ0) is 16.4. The molecule has 0 aromatic heterocycles. The third-order valence-corrected chi connectivity index (χ3v) is 3.51. The Balaban J connectivity index is 0.00000484. The van der Waals surface area contributed by atoms with Gasteiger partial charge in [0.15, 0.2) is 5.96 Å². The average molecular weight is 437 g/mol. The van der Waals surface area contributed by atoms with Crippen molar-refractivity contribution in [2.45, 2.75) is 32.6 Å². The van der Waals surface area contributed by atoms with Crippen LogP contribution in [0, 0.1) is 5.82 Å². The number of halogens is 2. The van der Waals surface area contributed by atoms with Crippen LogP contribution < -0.4 is 10.6 Å². The second-order valence-corrected chi connectivity index (χ2v) is 5.79. The maximum Gasteiger partial charge on any atom is 0.191 e. The standard InChI is InChI=1S/C17H28FN3O.HI/c1-5-22-12-6-11-20-16(19-4)21-13-17(2,3)14-7-9-15(18)10-8-14;/h7-10H,5-6,11-13H2,1-4H3,(H2,19,20,21);1H. The lowest BCUT2D eigenvalue weighted by atomic mass is 9.84. The molecule has 1 aromatic rings. The summed E-state index contributed by atoms with van der Waals surface area (Å²) in [6.45, 7) is 9.26. The number of aliphatic imine (C=N–C) groups is 1. The third-order valence-electron chi connectivity index (χ3n) is 3.51. The predicted octanol–water partition coefficient (Wildman–Crippen LogP) is 3.31. The molecular weight excluding hydrogens is 408 g/mol. The maximum absolute atomic E-state index is 13.0. The van der Waals surface area contributed by atoms with E-state index in [4.69, 9.17) is 4.74 Å². The Morgan fingerprint density at radius 3 is 2.43 bits per heavy atom. The van der Waals surface area contributed by atoms with Crippen molar-refractivity contribution in [2.75, 3.05) is 33.4 Å². The molecular formula is C17H29FIN3O. The summed E-state index contributed by atoms with van der Waals surface area (Å²) in [5.74, 6) is 0.561. The fourth-order valence-corrected chi connectivity index (χ4v) is 2.05. The molecule has 6 heteroatoms. The molecule has 1 rings (SSSR count). The Hall–Kier alpha value is -0.890. The molecule has 0 atom stereocenters. The molecule has 0 radical (unpaired) electrons. The van der Waals surface area contributed by atoms with E-state index in [1.54, 1.807) is 7.05 Å². The molecule has 0 bridgehead atoms. The van der Waals surface area contributed by atoms with E-state index >= 15 is 0 Å². The van der Waals surface area contributed by atoms with Crippen molar-refractivity contribution in [2.24, 2.45) is 4.99 Å². The van der Waals surface area contributed by atoms with E-state index in [2.05, 4.69) is 29.5 Å². The molecule has 0 saturated carbocycles. The molecule has 23 heavy (non-hydrogen) atoms. The molecule has 4 nitrogen and oxygen atoms in total. The van der Waals surface area contributed by atoms with E-state index in [0.29, 0.717) is 6.54 Å². The Bertz CT molecular complexity index is 463. The molecule has 0 fully saturated rings. The van der Waals surface area contributed by atoms with Gasteiger partial charge in [0.1, 0.15) is 5.82 Å². The maximum atomic E-state index is 13.0. The smallest absolute Gasteiger partial charge is 0.191 e. The van der Waals surface area contributed by atoms with Gasteiger partial charge in [0, 0.05) is 38.8 Å². The summed E-state index contributed by atoms with van der Waals surface area (Å²) in [5, 5.41) is 6.58. The first-order chi connectivity index (χ1) is 10.5. The van der Waals surface area contributed by atoms with Crippen LogP contribution >= 0.6 is 24.0 Å². The lowest BCUT2D eigenvalue weighted by Gasteiger charge is -2.26. The minimum atomic E-state index is -0.209. The fraction of sp³-hybridized carbons (Fsp3) is 0.588. The number of hydrogen-bond donors (Lipinski definition) is 2. The molecule has 0 aliphatic carbocycles. The summed E-state index contributed by atoms with van der Waals surface area (Å²) < 4.78 is 18.3. The number of hydrogen-bond acceptors (Lipinski definition) is 2. The van der Waals surface area contributed by atoms with E-state index in [9.17, 15) is 4.39 Å². The summed E-state index contributed by atoms with van der Waals surface area (Å²) >= 11 is 0. The molecule has 0 heterocycles. The Kier molecular flexibility index (Phi) is 11.2. The van der Waals surface area contributed by atoms with Gasteiger partial charge in [-0.05, 0) is 31.0 Å². The van der Waals surface area contributed by atoms with Crippen LogP contribution in [-0.4, -0.2) is 39.3 Å². The number of benzene rings is 1. The number of rotatable bonds is 8. The topological polar surface area (TPSA) is 45.6 Å². The van der Waals surface area contributed by atoms with Gasteiger partial charge in [0.05, 0.1) is 0 Å². The number of ether oxygens (including phenoxy) is 1. The second-order valence-electron chi connectivity index (χ2n) is 5.79. The highest BCUT2D eigenvalue weighted by atomic mass is 127. The molecule has 0 amide bonds. The van der Waals surface area contributed by atoms with Crippen LogP contribution in [0.15, 0.2) is 29.3 Å². The number of nitrogens with one attached hydrogen (secondary N) is 2. The molecule has 0 aliphatic heterocycles. The Morgan fingerprint density at radius 2 is 1.87 bits per heavy atom. The molecule has 1 aromatic carbocycles. The largest absolute Gasteiger partial charge is 0.382 e. The van der Waals surface area contributed by atoms with Gasteiger partial charge in [-0.15, -0.1) is 24.0 Å². The van der Waals surface area contributed by atoms with Gasteiger partial charge in [-0.25, -0.2) is 4.39 Å². The first-order valence-electron chi connectivity index (χ1n) is 7.78. The van der Waals surface area contributed by atoms with Gasteiger partial charge in [0.25, 0.3) is 0 Å². The first kappa shape index (κ1) is 22.1. The van der Waals surface area contributed by atoms with E-state index in [-0.39, 0.29) is 35.2 Å². The van der Waals surface area contributed by atoms with Gasteiger partial charge in [-0.2, -0.15) is 0 Å². The van der Waals surface area contributed by atoms with Gasteiger partial charge in [0.2, 0.25) is 0 Å². The van der Waals surface area contributed by atoms with Crippen molar-refractivity contribution in [1.82, 2.24) is 10.6 Å². The fourth-order valence-electron chi connectivity index (χ4n) is 2.05. The lowest BCUT2D eigenvalue weighted by molar-refractivity contribution is 0.145. The van der Waals surface area contributed by atoms with E-state index in [1.807, 2.05) is 19.1 Å². The summed E-state index contributed by atoms with van der Waals surface area (Å²) in [5.41, 5.74) is 0.976. The van der Waals surface area contributed by atoms with Crippen molar-refractivity contribution in [3.8, 4) is 0 Å². The van der Waals surface area contributed by atoms with Crippen LogP contribution in [0.3, 0.4) is 0 Å². The van der Waals surface area contributed by atoms with E-state index in [1.165, 1.54) is 12.1 Å². The van der Waals surface area contributed by atoms with Crippen molar-refractivity contribution < 1.29 is 9.13 Å².